The van der Waals surface area contributed by atoms with Gasteiger partial charge in [0.25, 0.3) is 5.56 Å². The lowest BCUT2D eigenvalue weighted by molar-refractivity contribution is -0.0625. The molecule has 0 bridgehead atoms. The number of aromatic nitrogens is 2. The van der Waals surface area contributed by atoms with E-state index in [-0.39, 0.29) is 0 Å². The average Bonchev–Trinajstić information content (AvgIpc) is 2.63. The first-order chi connectivity index (χ1) is 9.43. The topological polar surface area (TPSA) is 125 Å². The first-order valence-electron chi connectivity index (χ1n) is 5.86. The zero-order chi connectivity index (χ0) is 14.9. The van der Waals surface area contributed by atoms with Crippen LogP contribution >= 0.6 is 0 Å². The number of aliphatic hydroxyl groups is 3. The molecule has 0 unspecified atom stereocenters. The minimum absolute atomic E-state index is 0.586. The van der Waals surface area contributed by atoms with E-state index in [1.807, 2.05) is 4.98 Å². The summed E-state index contributed by atoms with van der Waals surface area (Å²) >= 11 is 0. The Bertz CT molecular complexity index is 669. The molecular weight excluding hydrogens is 268 g/mol. The maximum atomic E-state index is 11.7. The monoisotopic (exact) mass is 282 g/mol. The zero-order valence-corrected chi connectivity index (χ0v) is 10.6. The Morgan fingerprint density at radius 1 is 1.55 bits per heavy atom. The largest absolute Gasteiger partial charge is 0.394 e. The Morgan fingerprint density at radius 2 is 2.25 bits per heavy atom. The van der Waals surface area contributed by atoms with Crippen molar-refractivity contribution in [1.82, 2.24) is 9.55 Å². The number of hydrogen-bond acceptors (Lipinski definition) is 6. The lowest BCUT2D eigenvalue weighted by Gasteiger charge is -2.24. The molecular formula is C12H14N2O6. The summed E-state index contributed by atoms with van der Waals surface area (Å²) in [5, 5.41) is 29.7. The Hall–Kier alpha value is -1.92. The van der Waals surface area contributed by atoms with Crippen LogP contribution in [0, 0.1) is 11.8 Å². The lowest BCUT2D eigenvalue weighted by atomic mass is 9.93. The van der Waals surface area contributed by atoms with Crippen LogP contribution in [0.25, 0.3) is 0 Å². The van der Waals surface area contributed by atoms with Crippen LogP contribution in [0.2, 0.25) is 0 Å². The third kappa shape index (κ3) is 2.17. The van der Waals surface area contributed by atoms with E-state index in [0.717, 1.165) is 16.8 Å². The second-order valence-corrected chi connectivity index (χ2v) is 4.36. The van der Waals surface area contributed by atoms with Gasteiger partial charge in [0, 0.05) is 12.3 Å². The van der Waals surface area contributed by atoms with Crippen LogP contribution in [-0.4, -0.2) is 49.3 Å². The Morgan fingerprint density at radius 3 is 2.80 bits per heavy atom. The van der Waals surface area contributed by atoms with Gasteiger partial charge in [0.05, 0.1) is 6.61 Å². The second-order valence-electron chi connectivity index (χ2n) is 4.36. The molecule has 1 aliphatic heterocycles. The van der Waals surface area contributed by atoms with Crippen molar-refractivity contribution in [3.8, 4) is 11.8 Å². The van der Waals surface area contributed by atoms with Crippen LogP contribution in [0.3, 0.4) is 0 Å². The van der Waals surface area contributed by atoms with E-state index in [1.165, 1.54) is 6.92 Å². The summed E-state index contributed by atoms with van der Waals surface area (Å²) in [6, 6.07) is 1.08. The van der Waals surface area contributed by atoms with Gasteiger partial charge >= 0.3 is 5.69 Å². The molecule has 1 aliphatic rings. The van der Waals surface area contributed by atoms with Gasteiger partial charge < -0.3 is 20.1 Å². The molecule has 4 N–H and O–H groups in total. The van der Waals surface area contributed by atoms with E-state index in [2.05, 4.69) is 11.8 Å². The Kier molecular flexibility index (Phi) is 3.78. The summed E-state index contributed by atoms with van der Waals surface area (Å²) in [5.74, 6) is 4.83. The number of hydrogen-bond donors (Lipinski definition) is 4. The molecule has 0 aliphatic carbocycles. The van der Waals surface area contributed by atoms with Crippen LogP contribution in [-0.2, 0) is 4.74 Å². The van der Waals surface area contributed by atoms with Crippen LogP contribution in [0.5, 0.6) is 0 Å². The number of nitrogens with one attached hydrogen (secondary N) is 1. The van der Waals surface area contributed by atoms with Crippen molar-refractivity contribution in [2.24, 2.45) is 0 Å². The van der Waals surface area contributed by atoms with E-state index in [1.54, 1.807) is 0 Å². The first kappa shape index (κ1) is 14.5. The molecule has 1 saturated heterocycles. The lowest BCUT2D eigenvalue weighted by Crippen LogP contribution is -2.48. The molecule has 0 spiro atoms. The zero-order valence-electron chi connectivity index (χ0n) is 10.6. The minimum atomic E-state index is -2.00. The molecule has 0 amide bonds. The van der Waals surface area contributed by atoms with Crippen molar-refractivity contribution in [2.75, 3.05) is 6.61 Å². The number of nitrogens with zero attached hydrogens (tertiary/aromatic N) is 1. The van der Waals surface area contributed by atoms with Gasteiger partial charge in [-0.05, 0) is 6.92 Å². The van der Waals surface area contributed by atoms with Crippen LogP contribution in [0.15, 0.2) is 21.9 Å². The predicted octanol–water partition coefficient (Wildman–Crippen LogP) is -2.46. The number of aliphatic hydroxyl groups excluding tert-OH is 2. The van der Waals surface area contributed by atoms with Gasteiger partial charge in [0.15, 0.2) is 11.8 Å². The van der Waals surface area contributed by atoms with E-state index >= 15 is 0 Å². The standard InChI is InChI=1S/C12H14N2O6/c1-2-4-12(19)7(6-15)20-10(9(12)17)14-5-3-8(16)13-11(14)18/h3,5,7,9-10,15,17,19H,6H2,1H3,(H,13,16,18)/t7-,9+,10-,12-/m1/s1. The summed E-state index contributed by atoms with van der Waals surface area (Å²) in [6.45, 7) is 0.871. The molecule has 108 valence electrons. The molecule has 2 rings (SSSR count). The second kappa shape index (κ2) is 5.22. The molecule has 0 radical (unpaired) electrons. The summed E-state index contributed by atoms with van der Waals surface area (Å²) in [4.78, 5) is 24.7. The van der Waals surface area contributed by atoms with Gasteiger partial charge in [-0.25, -0.2) is 4.79 Å². The molecule has 8 heteroatoms. The fraction of sp³-hybridized carbons (Fsp3) is 0.500. The van der Waals surface area contributed by atoms with Gasteiger partial charge in [0.2, 0.25) is 0 Å². The highest BCUT2D eigenvalue weighted by atomic mass is 16.6. The molecule has 0 saturated carbocycles. The molecule has 8 nitrogen and oxygen atoms in total. The van der Waals surface area contributed by atoms with E-state index in [9.17, 15) is 24.9 Å². The molecule has 2 heterocycles. The number of aromatic amines is 1. The minimum Gasteiger partial charge on any atom is -0.394 e. The number of H-pyrrole nitrogens is 1. The third-order valence-electron chi connectivity index (χ3n) is 3.13. The van der Waals surface area contributed by atoms with Crippen molar-refractivity contribution in [2.45, 2.75) is 31.0 Å². The van der Waals surface area contributed by atoms with Crippen molar-refractivity contribution >= 4 is 0 Å². The number of ether oxygens (including phenoxy) is 1. The maximum absolute atomic E-state index is 11.7. The smallest absolute Gasteiger partial charge is 0.330 e. The Balaban J connectivity index is 2.47. The van der Waals surface area contributed by atoms with Crippen LogP contribution < -0.4 is 11.2 Å². The highest BCUT2D eigenvalue weighted by molar-refractivity contribution is 5.22. The quantitative estimate of drug-likeness (QED) is 0.446. The van der Waals surface area contributed by atoms with Gasteiger partial charge in [-0.3, -0.25) is 14.3 Å². The highest BCUT2D eigenvalue weighted by Gasteiger charge is 2.55. The molecule has 1 aromatic rings. The summed E-state index contributed by atoms with van der Waals surface area (Å²) < 4.78 is 6.21. The van der Waals surface area contributed by atoms with Crippen LogP contribution in [0.1, 0.15) is 13.2 Å². The maximum Gasteiger partial charge on any atom is 0.330 e. The van der Waals surface area contributed by atoms with Gasteiger partial charge in [0.1, 0.15) is 12.2 Å². The molecule has 1 aromatic heterocycles. The third-order valence-corrected chi connectivity index (χ3v) is 3.13. The van der Waals surface area contributed by atoms with Crippen molar-refractivity contribution in [3.05, 3.63) is 33.1 Å². The first-order valence-corrected chi connectivity index (χ1v) is 5.86. The SMILES string of the molecule is CC#C[C@@]1(O)[C@@H](CO)O[C@@H](n2ccc(=O)[nH]c2=O)[C@@H]1O. The summed E-state index contributed by atoms with van der Waals surface area (Å²) in [5.41, 5.74) is -3.39. The van der Waals surface area contributed by atoms with Gasteiger partial charge in [-0.1, -0.05) is 5.92 Å². The van der Waals surface area contributed by atoms with Crippen molar-refractivity contribution in [1.29, 1.82) is 0 Å². The Labute approximate surface area is 113 Å². The summed E-state index contributed by atoms with van der Waals surface area (Å²) in [7, 11) is 0. The average molecular weight is 282 g/mol. The highest BCUT2D eigenvalue weighted by Crippen LogP contribution is 2.35. The summed E-state index contributed by atoms with van der Waals surface area (Å²) in [6.07, 6.45) is -2.86. The normalized spacial score (nSPS) is 32.7. The van der Waals surface area contributed by atoms with Gasteiger partial charge in [-0.2, -0.15) is 0 Å². The van der Waals surface area contributed by atoms with Crippen molar-refractivity contribution in [3.63, 3.8) is 0 Å². The van der Waals surface area contributed by atoms with E-state index < -0.39 is 41.9 Å². The van der Waals surface area contributed by atoms with Crippen molar-refractivity contribution < 1.29 is 20.1 Å². The van der Waals surface area contributed by atoms with E-state index in [4.69, 9.17) is 4.74 Å². The molecule has 0 aromatic carbocycles. The molecule has 20 heavy (non-hydrogen) atoms. The van der Waals surface area contributed by atoms with Gasteiger partial charge in [-0.15, -0.1) is 5.92 Å². The molecule has 1 fully saturated rings. The molecule has 4 atom stereocenters. The van der Waals surface area contributed by atoms with E-state index in [0.29, 0.717) is 0 Å². The predicted molar refractivity (Wildman–Crippen MR) is 66.7 cm³/mol. The van der Waals surface area contributed by atoms with Crippen LogP contribution in [0.4, 0.5) is 0 Å². The fourth-order valence-electron chi connectivity index (χ4n) is 2.14. The fourth-order valence-corrected chi connectivity index (χ4v) is 2.14. The number of rotatable bonds is 2.